The van der Waals surface area contributed by atoms with Crippen molar-refractivity contribution in [2.24, 2.45) is 10.7 Å². The minimum Gasteiger partial charge on any atom is -0.370 e. The third-order valence-corrected chi connectivity index (χ3v) is 3.61. The fraction of sp³-hybridized carbons (Fsp3) is 0.167. The summed E-state index contributed by atoms with van der Waals surface area (Å²) in [6.45, 7) is 1.21. The van der Waals surface area contributed by atoms with Gasteiger partial charge in [0.25, 0.3) is 0 Å². The maximum atomic E-state index is 5.95. The predicted molar refractivity (Wildman–Crippen MR) is 110 cm³/mol. The molecule has 0 aliphatic rings. The first-order valence-corrected chi connectivity index (χ1v) is 7.83. The number of guanidine groups is 1. The maximum Gasteiger partial charge on any atom is 0.188 e. The minimum absolute atomic E-state index is 0. The van der Waals surface area contributed by atoms with Crippen molar-refractivity contribution in [3.8, 4) is 5.69 Å². The molecule has 0 saturated heterocycles. The first kappa shape index (κ1) is 18.9. The number of pyridine rings is 1. The zero-order valence-corrected chi connectivity index (χ0v) is 16.1. The molecule has 0 spiro atoms. The van der Waals surface area contributed by atoms with Gasteiger partial charge in [-0.15, -0.1) is 24.0 Å². The van der Waals surface area contributed by atoms with Crippen LogP contribution in [0, 0.1) is 0 Å². The minimum atomic E-state index is 0. The molecule has 3 rings (SSSR count). The van der Waals surface area contributed by atoms with Gasteiger partial charge < -0.3 is 15.6 Å². The third kappa shape index (κ3) is 5.56. The zero-order valence-electron chi connectivity index (χ0n) is 13.7. The number of benzene rings is 1. The van der Waals surface area contributed by atoms with Crippen molar-refractivity contribution >= 4 is 29.9 Å². The summed E-state index contributed by atoms with van der Waals surface area (Å²) < 4.78 is 1.97. The Balaban J connectivity index is 0.00000225. The van der Waals surface area contributed by atoms with Crippen LogP contribution in [-0.4, -0.2) is 27.0 Å². The number of nitrogens with zero attached hydrogens (tertiary/aromatic N) is 4. The average molecular weight is 448 g/mol. The standard InChI is InChI=1S/C18H20N6.HI/c19-18(22-10-8-16-6-3-4-9-21-16)23-13-15-5-1-2-7-17(15)24-12-11-20-14-24;/h1-7,9,11-12,14H,8,10,13H2,(H3,19,22,23);1H. The van der Waals surface area contributed by atoms with Crippen LogP contribution in [0.1, 0.15) is 11.3 Å². The van der Waals surface area contributed by atoms with E-state index in [1.54, 1.807) is 18.7 Å². The van der Waals surface area contributed by atoms with Crippen molar-refractivity contribution in [2.45, 2.75) is 13.0 Å². The summed E-state index contributed by atoms with van der Waals surface area (Å²) >= 11 is 0. The van der Waals surface area contributed by atoms with Crippen molar-refractivity contribution in [3.63, 3.8) is 0 Å². The zero-order chi connectivity index (χ0) is 16.6. The first-order valence-electron chi connectivity index (χ1n) is 7.83. The molecule has 130 valence electrons. The number of rotatable bonds is 6. The normalized spacial score (nSPS) is 11.0. The van der Waals surface area contributed by atoms with Gasteiger partial charge in [-0.2, -0.15) is 0 Å². The smallest absolute Gasteiger partial charge is 0.188 e. The molecule has 2 aromatic heterocycles. The van der Waals surface area contributed by atoms with Crippen molar-refractivity contribution in [1.29, 1.82) is 0 Å². The summed E-state index contributed by atoms with van der Waals surface area (Å²) in [5.74, 6) is 0.436. The van der Waals surface area contributed by atoms with E-state index in [1.807, 2.05) is 53.2 Å². The molecule has 0 saturated carbocycles. The number of hydrogen-bond acceptors (Lipinski definition) is 3. The van der Waals surface area contributed by atoms with Gasteiger partial charge in [-0.25, -0.2) is 9.98 Å². The molecule has 0 bridgehead atoms. The van der Waals surface area contributed by atoms with Gasteiger partial charge in [-0.1, -0.05) is 24.3 Å². The van der Waals surface area contributed by atoms with E-state index in [2.05, 4.69) is 20.3 Å². The molecule has 1 aromatic carbocycles. The second-order valence-corrected chi connectivity index (χ2v) is 5.30. The van der Waals surface area contributed by atoms with Gasteiger partial charge in [-0.3, -0.25) is 4.98 Å². The monoisotopic (exact) mass is 448 g/mol. The Hall–Kier alpha value is -2.42. The van der Waals surface area contributed by atoms with Gasteiger partial charge in [-0.05, 0) is 23.8 Å². The van der Waals surface area contributed by atoms with Crippen LogP contribution in [0.15, 0.2) is 72.4 Å². The topological polar surface area (TPSA) is 81.1 Å². The molecule has 0 radical (unpaired) electrons. The van der Waals surface area contributed by atoms with Crippen LogP contribution >= 0.6 is 24.0 Å². The Kier molecular flexibility index (Phi) is 7.39. The van der Waals surface area contributed by atoms with E-state index in [0.717, 1.165) is 23.4 Å². The van der Waals surface area contributed by atoms with E-state index in [1.165, 1.54) is 0 Å². The van der Waals surface area contributed by atoms with Crippen LogP contribution < -0.4 is 11.1 Å². The highest BCUT2D eigenvalue weighted by Gasteiger charge is 2.03. The molecule has 0 fully saturated rings. The highest BCUT2D eigenvalue weighted by molar-refractivity contribution is 14.0. The largest absolute Gasteiger partial charge is 0.370 e. The molecule has 7 heteroatoms. The third-order valence-electron chi connectivity index (χ3n) is 3.61. The molecule has 0 amide bonds. The second-order valence-electron chi connectivity index (χ2n) is 5.30. The predicted octanol–water partition coefficient (Wildman–Crippen LogP) is 2.53. The summed E-state index contributed by atoms with van der Waals surface area (Å²) in [6.07, 6.45) is 8.05. The van der Waals surface area contributed by atoms with Crippen molar-refractivity contribution in [2.75, 3.05) is 6.54 Å². The van der Waals surface area contributed by atoms with Crippen LogP contribution in [-0.2, 0) is 13.0 Å². The van der Waals surface area contributed by atoms with E-state index < -0.39 is 0 Å². The Morgan fingerprint density at radius 1 is 1.12 bits per heavy atom. The molecular formula is C18H21IN6. The van der Waals surface area contributed by atoms with Gasteiger partial charge >= 0.3 is 0 Å². The number of halogens is 1. The molecule has 25 heavy (non-hydrogen) atoms. The van der Waals surface area contributed by atoms with Gasteiger partial charge in [0.1, 0.15) is 0 Å². The Labute approximate surface area is 164 Å². The van der Waals surface area contributed by atoms with E-state index in [-0.39, 0.29) is 24.0 Å². The number of nitrogens with two attached hydrogens (primary N) is 1. The van der Waals surface area contributed by atoms with E-state index in [4.69, 9.17) is 5.73 Å². The van der Waals surface area contributed by atoms with Crippen LogP contribution in [0.4, 0.5) is 0 Å². The Bertz CT molecular complexity index is 786. The first-order chi connectivity index (χ1) is 11.8. The summed E-state index contributed by atoms with van der Waals surface area (Å²) in [5, 5.41) is 3.12. The Morgan fingerprint density at radius 2 is 1.96 bits per heavy atom. The number of imidazole rings is 1. The fourth-order valence-electron chi connectivity index (χ4n) is 2.39. The molecule has 6 nitrogen and oxygen atoms in total. The molecular weight excluding hydrogens is 427 g/mol. The number of para-hydroxylation sites is 1. The van der Waals surface area contributed by atoms with Crippen LogP contribution in [0.2, 0.25) is 0 Å². The average Bonchev–Trinajstić information content (AvgIpc) is 3.16. The van der Waals surface area contributed by atoms with Crippen LogP contribution in [0.25, 0.3) is 5.69 Å². The maximum absolute atomic E-state index is 5.95. The van der Waals surface area contributed by atoms with E-state index in [9.17, 15) is 0 Å². The molecule has 0 atom stereocenters. The summed E-state index contributed by atoms with van der Waals surface area (Å²) in [7, 11) is 0. The second kappa shape index (κ2) is 9.77. The fourth-order valence-corrected chi connectivity index (χ4v) is 2.39. The highest BCUT2D eigenvalue weighted by Crippen LogP contribution is 2.14. The van der Waals surface area contributed by atoms with Crippen LogP contribution in [0.3, 0.4) is 0 Å². The van der Waals surface area contributed by atoms with Crippen LogP contribution in [0.5, 0.6) is 0 Å². The van der Waals surface area contributed by atoms with Crippen molar-refractivity contribution in [1.82, 2.24) is 19.9 Å². The van der Waals surface area contributed by atoms with Gasteiger partial charge in [0.2, 0.25) is 0 Å². The number of aromatic nitrogens is 3. The SMILES string of the molecule is I.NC(=NCc1ccccc1-n1ccnc1)NCCc1ccccn1. The quantitative estimate of drug-likeness (QED) is 0.345. The van der Waals surface area contributed by atoms with E-state index >= 15 is 0 Å². The van der Waals surface area contributed by atoms with Gasteiger partial charge in [0, 0.05) is 37.3 Å². The summed E-state index contributed by atoms with van der Waals surface area (Å²) in [4.78, 5) is 12.8. The molecule has 3 N–H and O–H groups in total. The lowest BCUT2D eigenvalue weighted by molar-refractivity contribution is 0.827. The van der Waals surface area contributed by atoms with Gasteiger partial charge in [0.15, 0.2) is 5.96 Å². The molecule has 0 aliphatic carbocycles. The van der Waals surface area contributed by atoms with Crippen molar-refractivity contribution < 1.29 is 0 Å². The van der Waals surface area contributed by atoms with E-state index in [0.29, 0.717) is 19.0 Å². The molecule has 0 unspecified atom stereocenters. The molecule has 3 aromatic rings. The molecule has 0 aliphatic heterocycles. The lowest BCUT2D eigenvalue weighted by Gasteiger charge is -2.09. The van der Waals surface area contributed by atoms with Crippen molar-refractivity contribution in [3.05, 3.63) is 78.6 Å². The molecule has 2 heterocycles. The summed E-state index contributed by atoms with van der Waals surface area (Å²) in [6, 6.07) is 14.0. The Morgan fingerprint density at radius 3 is 2.72 bits per heavy atom. The van der Waals surface area contributed by atoms with Gasteiger partial charge in [0.05, 0.1) is 18.6 Å². The number of hydrogen-bond donors (Lipinski definition) is 2. The number of nitrogens with one attached hydrogen (secondary N) is 1. The lowest BCUT2D eigenvalue weighted by Crippen LogP contribution is -2.33. The summed E-state index contributed by atoms with van der Waals surface area (Å²) in [5.41, 5.74) is 9.13. The lowest BCUT2D eigenvalue weighted by atomic mass is 10.2. The highest BCUT2D eigenvalue weighted by atomic mass is 127. The number of aliphatic imine (C=N–C) groups is 1.